The predicted octanol–water partition coefficient (Wildman–Crippen LogP) is 3.50. The lowest BCUT2D eigenvalue weighted by Gasteiger charge is -2.21. The second-order valence-electron chi connectivity index (χ2n) is 5.38. The summed E-state index contributed by atoms with van der Waals surface area (Å²) in [4.78, 5) is 14.0. The fraction of sp³-hybridized carbons (Fsp3) is 0.278. The van der Waals surface area contributed by atoms with Gasteiger partial charge in [-0.2, -0.15) is 0 Å². The van der Waals surface area contributed by atoms with Crippen molar-refractivity contribution in [1.82, 2.24) is 4.90 Å². The molecule has 0 saturated heterocycles. The lowest BCUT2D eigenvalue weighted by Crippen LogP contribution is -2.30. The molecule has 3 nitrogen and oxygen atoms in total. The molecule has 116 valence electrons. The Kier molecular flexibility index (Phi) is 5.67. The maximum absolute atomic E-state index is 13.5. The molecule has 4 heteroatoms. The van der Waals surface area contributed by atoms with Crippen LogP contribution in [0.4, 0.5) is 4.39 Å². The molecule has 2 aromatic carbocycles. The molecule has 0 aliphatic heterocycles. The van der Waals surface area contributed by atoms with E-state index >= 15 is 0 Å². The molecule has 0 aliphatic rings. The molecule has 0 N–H and O–H groups in total. The van der Waals surface area contributed by atoms with Gasteiger partial charge in [0.2, 0.25) is 0 Å². The SMILES string of the molecule is C[C@@H](CN(C)Cc1ccccc1)OC(=O)c1ccccc1F. The number of rotatable bonds is 6. The lowest BCUT2D eigenvalue weighted by molar-refractivity contribution is 0.0263. The van der Waals surface area contributed by atoms with Crippen LogP contribution in [0.2, 0.25) is 0 Å². The summed E-state index contributed by atoms with van der Waals surface area (Å²) in [5, 5.41) is 0. The fourth-order valence-corrected chi connectivity index (χ4v) is 2.31. The van der Waals surface area contributed by atoms with E-state index in [0.717, 1.165) is 6.54 Å². The highest BCUT2D eigenvalue weighted by molar-refractivity contribution is 5.89. The molecule has 0 amide bonds. The van der Waals surface area contributed by atoms with Gasteiger partial charge < -0.3 is 4.74 Å². The molecular formula is C18H20FNO2. The van der Waals surface area contributed by atoms with Gasteiger partial charge >= 0.3 is 5.97 Å². The van der Waals surface area contributed by atoms with Gasteiger partial charge in [-0.25, -0.2) is 9.18 Å². The Morgan fingerprint density at radius 1 is 1.14 bits per heavy atom. The number of esters is 1. The number of carbonyl (C=O) groups is 1. The Morgan fingerprint density at radius 3 is 2.45 bits per heavy atom. The van der Waals surface area contributed by atoms with Crippen LogP contribution in [-0.2, 0) is 11.3 Å². The predicted molar refractivity (Wildman–Crippen MR) is 84.1 cm³/mol. The monoisotopic (exact) mass is 301 g/mol. The highest BCUT2D eigenvalue weighted by atomic mass is 19.1. The fourth-order valence-electron chi connectivity index (χ4n) is 2.31. The van der Waals surface area contributed by atoms with E-state index in [9.17, 15) is 9.18 Å². The first-order chi connectivity index (χ1) is 10.6. The molecule has 2 rings (SSSR count). The van der Waals surface area contributed by atoms with Crippen molar-refractivity contribution >= 4 is 5.97 Å². The number of ether oxygens (including phenoxy) is 1. The van der Waals surface area contributed by atoms with Crippen molar-refractivity contribution in [2.24, 2.45) is 0 Å². The minimum Gasteiger partial charge on any atom is -0.458 e. The van der Waals surface area contributed by atoms with Gasteiger partial charge in [0.15, 0.2) is 0 Å². The van der Waals surface area contributed by atoms with Gasteiger partial charge in [-0.1, -0.05) is 42.5 Å². The molecule has 0 bridgehead atoms. The molecule has 22 heavy (non-hydrogen) atoms. The third-order valence-electron chi connectivity index (χ3n) is 3.27. The van der Waals surface area contributed by atoms with Gasteiger partial charge in [-0.05, 0) is 31.7 Å². The Morgan fingerprint density at radius 2 is 1.77 bits per heavy atom. The van der Waals surface area contributed by atoms with Crippen molar-refractivity contribution in [3.8, 4) is 0 Å². The summed E-state index contributed by atoms with van der Waals surface area (Å²) >= 11 is 0. The molecule has 0 radical (unpaired) electrons. The van der Waals surface area contributed by atoms with E-state index in [0.29, 0.717) is 6.54 Å². The number of nitrogens with zero attached hydrogens (tertiary/aromatic N) is 1. The number of carbonyl (C=O) groups excluding carboxylic acids is 1. The normalized spacial score (nSPS) is 12.2. The first-order valence-electron chi connectivity index (χ1n) is 7.24. The summed E-state index contributed by atoms with van der Waals surface area (Å²) in [6.07, 6.45) is -0.319. The quantitative estimate of drug-likeness (QED) is 0.765. The van der Waals surface area contributed by atoms with Crippen LogP contribution in [0, 0.1) is 5.82 Å². The molecule has 0 fully saturated rings. The highest BCUT2D eigenvalue weighted by Crippen LogP contribution is 2.10. The molecule has 0 unspecified atom stereocenters. The molecule has 1 atom stereocenters. The molecule has 0 heterocycles. The minimum absolute atomic E-state index is 0.0277. The Bertz CT molecular complexity index is 615. The zero-order valence-electron chi connectivity index (χ0n) is 12.8. The van der Waals surface area contributed by atoms with Crippen LogP contribution >= 0.6 is 0 Å². The van der Waals surface area contributed by atoms with E-state index in [4.69, 9.17) is 4.74 Å². The number of likely N-dealkylation sites (N-methyl/N-ethyl adjacent to an activating group) is 1. The van der Waals surface area contributed by atoms with Gasteiger partial charge in [0, 0.05) is 13.1 Å². The third kappa shape index (κ3) is 4.67. The standard InChI is InChI=1S/C18H20FNO2/c1-14(12-20(2)13-15-8-4-3-5-9-15)22-18(21)16-10-6-7-11-17(16)19/h3-11,14H,12-13H2,1-2H3/t14-/m0/s1. The average Bonchev–Trinajstić information content (AvgIpc) is 2.48. The minimum atomic E-state index is -0.626. The van der Waals surface area contributed by atoms with Crippen molar-refractivity contribution in [2.75, 3.05) is 13.6 Å². The molecule has 2 aromatic rings. The largest absolute Gasteiger partial charge is 0.458 e. The summed E-state index contributed by atoms with van der Waals surface area (Å²) in [7, 11) is 1.96. The maximum atomic E-state index is 13.5. The number of hydrogen-bond donors (Lipinski definition) is 0. The van der Waals surface area contributed by atoms with E-state index in [1.54, 1.807) is 19.1 Å². The second-order valence-corrected chi connectivity index (χ2v) is 5.38. The van der Waals surface area contributed by atoms with E-state index in [1.807, 2.05) is 37.4 Å². The van der Waals surface area contributed by atoms with E-state index in [1.165, 1.54) is 17.7 Å². The molecule has 0 aliphatic carbocycles. The van der Waals surface area contributed by atoms with Crippen LogP contribution in [0.5, 0.6) is 0 Å². The van der Waals surface area contributed by atoms with Gasteiger partial charge in [-0.15, -0.1) is 0 Å². The summed E-state index contributed by atoms with van der Waals surface area (Å²) in [6, 6.07) is 15.9. The summed E-state index contributed by atoms with van der Waals surface area (Å²) in [5.74, 6) is -1.18. The van der Waals surface area contributed by atoms with Gasteiger partial charge in [0.05, 0.1) is 5.56 Å². The van der Waals surface area contributed by atoms with Crippen molar-refractivity contribution in [3.63, 3.8) is 0 Å². The number of benzene rings is 2. The van der Waals surface area contributed by atoms with Crippen LogP contribution in [0.15, 0.2) is 54.6 Å². The van der Waals surface area contributed by atoms with Crippen LogP contribution in [-0.4, -0.2) is 30.6 Å². The summed E-state index contributed by atoms with van der Waals surface area (Å²) in [5.41, 5.74) is 1.16. The van der Waals surface area contributed by atoms with Crippen molar-refractivity contribution in [1.29, 1.82) is 0 Å². The molecule has 0 saturated carbocycles. The maximum Gasteiger partial charge on any atom is 0.341 e. The Balaban J connectivity index is 1.86. The van der Waals surface area contributed by atoms with E-state index < -0.39 is 11.8 Å². The van der Waals surface area contributed by atoms with Gasteiger partial charge in [-0.3, -0.25) is 4.90 Å². The van der Waals surface area contributed by atoms with Crippen molar-refractivity contribution < 1.29 is 13.9 Å². The van der Waals surface area contributed by atoms with Gasteiger partial charge in [0.1, 0.15) is 11.9 Å². The average molecular weight is 301 g/mol. The van der Waals surface area contributed by atoms with E-state index in [-0.39, 0.29) is 11.7 Å². The zero-order chi connectivity index (χ0) is 15.9. The van der Waals surface area contributed by atoms with Crippen molar-refractivity contribution in [2.45, 2.75) is 19.6 Å². The van der Waals surface area contributed by atoms with Crippen LogP contribution in [0.3, 0.4) is 0 Å². The zero-order valence-corrected chi connectivity index (χ0v) is 12.8. The summed E-state index contributed by atoms with van der Waals surface area (Å²) in [6.45, 7) is 3.15. The second kappa shape index (κ2) is 7.71. The first kappa shape index (κ1) is 16.2. The topological polar surface area (TPSA) is 29.5 Å². The van der Waals surface area contributed by atoms with Crippen LogP contribution in [0.25, 0.3) is 0 Å². The Labute approximate surface area is 130 Å². The number of hydrogen-bond acceptors (Lipinski definition) is 3. The third-order valence-corrected chi connectivity index (χ3v) is 3.27. The lowest BCUT2D eigenvalue weighted by atomic mass is 10.2. The highest BCUT2D eigenvalue weighted by Gasteiger charge is 2.16. The summed E-state index contributed by atoms with van der Waals surface area (Å²) < 4.78 is 18.8. The molecular weight excluding hydrogens is 281 g/mol. The van der Waals surface area contributed by atoms with Gasteiger partial charge in [0.25, 0.3) is 0 Å². The smallest absolute Gasteiger partial charge is 0.341 e. The van der Waals surface area contributed by atoms with Crippen LogP contribution in [0.1, 0.15) is 22.8 Å². The molecule has 0 spiro atoms. The first-order valence-corrected chi connectivity index (χ1v) is 7.24. The van der Waals surface area contributed by atoms with Crippen LogP contribution < -0.4 is 0 Å². The number of halogens is 1. The Hall–Kier alpha value is -2.20. The van der Waals surface area contributed by atoms with Crippen molar-refractivity contribution in [3.05, 3.63) is 71.5 Å². The van der Waals surface area contributed by atoms with E-state index in [2.05, 4.69) is 4.90 Å². The molecule has 0 aromatic heterocycles.